The number of hydrogen-bond donors (Lipinski definition) is 0. The van der Waals surface area contributed by atoms with Gasteiger partial charge in [-0.15, -0.1) is 0 Å². The lowest BCUT2D eigenvalue weighted by Gasteiger charge is -2.31. The molecule has 0 N–H and O–H groups in total. The fourth-order valence-corrected chi connectivity index (χ4v) is 3.88. The highest BCUT2D eigenvalue weighted by Crippen LogP contribution is 2.24. The van der Waals surface area contributed by atoms with Gasteiger partial charge in [-0.3, -0.25) is 9.69 Å². The highest BCUT2D eigenvalue weighted by atomic mass is 16.1. The third-order valence-electron chi connectivity index (χ3n) is 5.48. The Labute approximate surface area is 161 Å². The van der Waals surface area contributed by atoms with Crippen molar-refractivity contribution in [2.45, 2.75) is 19.4 Å². The maximum atomic E-state index is 12.6. The summed E-state index contributed by atoms with van der Waals surface area (Å²) in [5, 5.41) is 0. The van der Waals surface area contributed by atoms with Gasteiger partial charge in [0.2, 0.25) is 0 Å². The average molecular weight is 355 g/mol. The Morgan fingerprint density at radius 1 is 0.741 bits per heavy atom. The maximum absolute atomic E-state index is 12.6. The predicted molar refractivity (Wildman–Crippen MR) is 111 cm³/mol. The van der Waals surface area contributed by atoms with Crippen molar-refractivity contribution in [2.24, 2.45) is 5.92 Å². The van der Waals surface area contributed by atoms with Crippen molar-refractivity contribution >= 4 is 5.78 Å². The summed E-state index contributed by atoms with van der Waals surface area (Å²) in [6.07, 6.45) is 1.91. The summed E-state index contributed by atoms with van der Waals surface area (Å²) in [5.41, 5.74) is 4.70. The standard InChI is InChI=1S/C25H25NO/c27-25(23-9-5-2-6-10-23)24-15-17-26(18-16-24)19-20-11-13-22(14-12-20)21-7-3-1-4-8-21/h1-14,24H,15-19H2. The monoisotopic (exact) mass is 355 g/mol. The van der Waals surface area contributed by atoms with Crippen LogP contribution in [0.3, 0.4) is 0 Å². The third-order valence-corrected chi connectivity index (χ3v) is 5.48. The molecule has 1 aliphatic heterocycles. The number of carbonyl (C=O) groups excluding carboxylic acids is 1. The zero-order valence-corrected chi connectivity index (χ0v) is 15.6. The van der Waals surface area contributed by atoms with E-state index in [1.54, 1.807) is 0 Å². The topological polar surface area (TPSA) is 20.3 Å². The Bertz CT molecular complexity index is 863. The van der Waals surface area contributed by atoms with E-state index in [2.05, 4.69) is 53.4 Å². The number of Topliss-reactive ketones (excluding diaryl/α,β-unsaturated/α-hetero) is 1. The van der Waals surface area contributed by atoms with E-state index >= 15 is 0 Å². The van der Waals surface area contributed by atoms with Gasteiger partial charge in [0.15, 0.2) is 5.78 Å². The molecule has 2 heteroatoms. The quantitative estimate of drug-likeness (QED) is 0.567. The van der Waals surface area contributed by atoms with Crippen LogP contribution in [0, 0.1) is 5.92 Å². The zero-order valence-electron chi connectivity index (χ0n) is 15.6. The molecule has 27 heavy (non-hydrogen) atoms. The fraction of sp³-hybridized carbons (Fsp3) is 0.240. The summed E-state index contributed by atoms with van der Waals surface area (Å²) < 4.78 is 0. The molecule has 136 valence electrons. The first-order chi connectivity index (χ1) is 13.3. The van der Waals surface area contributed by atoms with Gasteiger partial charge in [0.1, 0.15) is 0 Å². The van der Waals surface area contributed by atoms with Crippen LogP contribution in [0.5, 0.6) is 0 Å². The summed E-state index contributed by atoms with van der Waals surface area (Å²) in [6, 6.07) is 29.1. The highest BCUT2D eigenvalue weighted by Gasteiger charge is 2.25. The van der Waals surface area contributed by atoms with E-state index in [1.807, 2.05) is 36.4 Å². The second-order valence-electron chi connectivity index (χ2n) is 7.34. The van der Waals surface area contributed by atoms with Crippen molar-refractivity contribution in [3.8, 4) is 11.1 Å². The Morgan fingerprint density at radius 2 is 1.30 bits per heavy atom. The number of carbonyl (C=O) groups is 1. The average Bonchev–Trinajstić information content (AvgIpc) is 2.76. The minimum atomic E-state index is 0.170. The van der Waals surface area contributed by atoms with E-state index in [1.165, 1.54) is 16.7 Å². The van der Waals surface area contributed by atoms with E-state index < -0.39 is 0 Å². The molecule has 0 amide bonds. The van der Waals surface area contributed by atoms with Gasteiger partial charge < -0.3 is 0 Å². The van der Waals surface area contributed by atoms with Crippen LogP contribution in [-0.2, 0) is 6.54 Å². The van der Waals surface area contributed by atoms with Crippen molar-refractivity contribution in [1.82, 2.24) is 4.90 Å². The number of nitrogens with zero attached hydrogens (tertiary/aromatic N) is 1. The summed E-state index contributed by atoms with van der Waals surface area (Å²) in [4.78, 5) is 15.1. The molecule has 0 saturated carbocycles. The van der Waals surface area contributed by atoms with E-state index in [4.69, 9.17) is 0 Å². The number of hydrogen-bond acceptors (Lipinski definition) is 2. The lowest BCUT2D eigenvalue weighted by molar-refractivity contribution is 0.0835. The molecule has 0 unspecified atom stereocenters. The van der Waals surface area contributed by atoms with Crippen LogP contribution in [-0.4, -0.2) is 23.8 Å². The lowest BCUT2D eigenvalue weighted by atomic mass is 9.89. The second kappa shape index (κ2) is 8.32. The first-order valence-electron chi connectivity index (χ1n) is 9.75. The van der Waals surface area contributed by atoms with E-state index in [0.717, 1.165) is 38.0 Å². The van der Waals surface area contributed by atoms with Crippen molar-refractivity contribution in [3.63, 3.8) is 0 Å². The molecule has 0 aliphatic carbocycles. The van der Waals surface area contributed by atoms with Gasteiger partial charge >= 0.3 is 0 Å². The Balaban J connectivity index is 1.32. The molecule has 3 aromatic carbocycles. The number of ketones is 1. The van der Waals surface area contributed by atoms with Crippen LogP contribution < -0.4 is 0 Å². The van der Waals surface area contributed by atoms with Crippen LogP contribution in [0.25, 0.3) is 11.1 Å². The van der Waals surface area contributed by atoms with Gasteiger partial charge in [0.05, 0.1) is 0 Å². The summed E-state index contributed by atoms with van der Waals surface area (Å²) in [5.74, 6) is 0.478. The van der Waals surface area contributed by atoms with E-state index in [-0.39, 0.29) is 5.92 Å². The van der Waals surface area contributed by atoms with Crippen LogP contribution >= 0.6 is 0 Å². The molecule has 1 fully saturated rings. The van der Waals surface area contributed by atoms with Crippen molar-refractivity contribution in [2.75, 3.05) is 13.1 Å². The second-order valence-corrected chi connectivity index (χ2v) is 7.34. The molecule has 1 aliphatic rings. The molecule has 2 nitrogen and oxygen atoms in total. The molecule has 0 bridgehead atoms. The largest absolute Gasteiger partial charge is 0.299 e. The van der Waals surface area contributed by atoms with Crippen LogP contribution in [0.1, 0.15) is 28.8 Å². The fourth-order valence-electron chi connectivity index (χ4n) is 3.88. The highest BCUT2D eigenvalue weighted by molar-refractivity contribution is 5.97. The van der Waals surface area contributed by atoms with E-state index in [0.29, 0.717) is 5.78 Å². The number of rotatable bonds is 5. The SMILES string of the molecule is O=C(c1ccccc1)C1CCN(Cc2ccc(-c3ccccc3)cc2)CC1. The van der Waals surface area contributed by atoms with Gasteiger partial charge in [-0.2, -0.15) is 0 Å². The molecule has 0 atom stereocenters. The Kier molecular flexibility index (Phi) is 5.45. The molecular weight excluding hydrogens is 330 g/mol. The number of piperidine rings is 1. The lowest BCUT2D eigenvalue weighted by Crippen LogP contribution is -2.35. The van der Waals surface area contributed by atoms with Gasteiger partial charge in [-0.1, -0.05) is 84.9 Å². The van der Waals surface area contributed by atoms with Crippen LogP contribution in [0.2, 0.25) is 0 Å². The summed E-state index contributed by atoms with van der Waals surface area (Å²) in [6.45, 7) is 2.94. The molecule has 1 heterocycles. The third kappa shape index (κ3) is 4.35. The number of likely N-dealkylation sites (tertiary alicyclic amines) is 1. The zero-order chi connectivity index (χ0) is 18.5. The van der Waals surface area contributed by atoms with Crippen LogP contribution in [0.15, 0.2) is 84.9 Å². The molecule has 1 saturated heterocycles. The van der Waals surface area contributed by atoms with Crippen molar-refractivity contribution < 1.29 is 4.79 Å². The first kappa shape index (κ1) is 17.7. The minimum absolute atomic E-state index is 0.170. The normalized spacial score (nSPS) is 15.6. The maximum Gasteiger partial charge on any atom is 0.166 e. The van der Waals surface area contributed by atoms with Crippen molar-refractivity contribution in [3.05, 3.63) is 96.1 Å². The Hall–Kier alpha value is -2.71. The summed E-state index contributed by atoms with van der Waals surface area (Å²) >= 11 is 0. The minimum Gasteiger partial charge on any atom is -0.299 e. The van der Waals surface area contributed by atoms with Gasteiger partial charge in [0.25, 0.3) is 0 Å². The van der Waals surface area contributed by atoms with Crippen LogP contribution in [0.4, 0.5) is 0 Å². The van der Waals surface area contributed by atoms with Gasteiger partial charge in [0, 0.05) is 18.0 Å². The van der Waals surface area contributed by atoms with Gasteiger partial charge in [-0.25, -0.2) is 0 Å². The van der Waals surface area contributed by atoms with E-state index in [9.17, 15) is 4.79 Å². The molecular formula is C25H25NO. The molecule has 0 spiro atoms. The molecule has 0 radical (unpaired) electrons. The number of benzene rings is 3. The smallest absolute Gasteiger partial charge is 0.166 e. The Morgan fingerprint density at radius 3 is 1.93 bits per heavy atom. The molecule has 4 rings (SSSR count). The first-order valence-corrected chi connectivity index (χ1v) is 9.75. The molecule has 0 aromatic heterocycles. The predicted octanol–water partition coefficient (Wildman–Crippen LogP) is 5.45. The summed E-state index contributed by atoms with van der Waals surface area (Å²) in [7, 11) is 0. The molecule has 3 aromatic rings. The van der Waals surface area contributed by atoms with Gasteiger partial charge in [-0.05, 0) is 42.6 Å². The van der Waals surface area contributed by atoms with Crippen molar-refractivity contribution in [1.29, 1.82) is 0 Å².